The molecule has 3 aromatic rings. The van der Waals surface area contributed by atoms with E-state index in [-0.39, 0.29) is 12.6 Å². The Morgan fingerprint density at radius 1 is 1.18 bits per heavy atom. The van der Waals surface area contributed by atoms with E-state index in [4.69, 9.17) is 9.26 Å². The predicted molar refractivity (Wildman–Crippen MR) is 105 cm³/mol. The number of aromatic nitrogens is 2. The lowest BCUT2D eigenvalue weighted by Crippen LogP contribution is -2.38. The van der Waals surface area contributed by atoms with Gasteiger partial charge in [0.05, 0.1) is 0 Å². The molecule has 146 valence electrons. The van der Waals surface area contributed by atoms with E-state index >= 15 is 0 Å². The highest BCUT2D eigenvalue weighted by atomic mass is 16.5. The Labute approximate surface area is 164 Å². The molecule has 2 aromatic carbocycles. The molecule has 0 saturated heterocycles. The molecule has 0 aliphatic heterocycles. The van der Waals surface area contributed by atoms with Gasteiger partial charge in [0.15, 0.2) is 12.4 Å². The average molecular weight is 380 g/mol. The van der Waals surface area contributed by atoms with E-state index in [9.17, 15) is 4.79 Å². The van der Waals surface area contributed by atoms with Crippen LogP contribution in [0, 0.1) is 6.92 Å². The first-order chi connectivity index (χ1) is 13.6. The van der Waals surface area contributed by atoms with Crippen molar-refractivity contribution >= 4 is 6.03 Å². The molecular formula is C21H24N4O3. The molecule has 0 atom stereocenters. The molecule has 0 radical (unpaired) electrons. The van der Waals surface area contributed by atoms with Gasteiger partial charge in [0.25, 0.3) is 5.89 Å². The van der Waals surface area contributed by atoms with E-state index in [2.05, 4.69) is 15.5 Å². The number of hydrogen-bond acceptors (Lipinski definition) is 5. The van der Waals surface area contributed by atoms with Gasteiger partial charge in [-0.25, -0.2) is 4.79 Å². The van der Waals surface area contributed by atoms with E-state index < -0.39 is 0 Å². The van der Waals surface area contributed by atoms with Crippen molar-refractivity contribution in [2.75, 3.05) is 13.6 Å². The van der Waals surface area contributed by atoms with Crippen LogP contribution in [0.5, 0.6) is 5.75 Å². The molecule has 0 aliphatic carbocycles. The Kier molecular flexibility index (Phi) is 6.62. The number of nitrogens with one attached hydrogen (secondary N) is 1. The lowest BCUT2D eigenvalue weighted by Gasteiger charge is -2.17. The smallest absolute Gasteiger partial charge is 0.317 e. The number of likely N-dealkylation sites (N-methyl/N-ethyl adjacent to an activating group) is 1. The third kappa shape index (κ3) is 5.84. The van der Waals surface area contributed by atoms with Gasteiger partial charge in [0, 0.05) is 26.6 Å². The number of benzene rings is 2. The molecule has 2 amide bonds. The van der Waals surface area contributed by atoms with Gasteiger partial charge in [-0.05, 0) is 30.2 Å². The number of hydrogen-bond donors (Lipinski definition) is 1. The van der Waals surface area contributed by atoms with E-state index in [1.807, 2.05) is 61.5 Å². The molecule has 0 saturated carbocycles. The summed E-state index contributed by atoms with van der Waals surface area (Å²) in [5.74, 6) is 1.72. The number of nitrogens with zero attached hydrogens (tertiary/aromatic N) is 3. The van der Waals surface area contributed by atoms with Gasteiger partial charge in [-0.3, -0.25) is 0 Å². The van der Waals surface area contributed by atoms with E-state index in [0.717, 1.165) is 16.9 Å². The summed E-state index contributed by atoms with van der Waals surface area (Å²) in [4.78, 5) is 18.1. The van der Waals surface area contributed by atoms with Crippen molar-refractivity contribution in [3.05, 3.63) is 77.4 Å². The Hall–Kier alpha value is -3.35. The molecule has 7 heteroatoms. The third-order valence-corrected chi connectivity index (χ3v) is 4.17. The Bertz CT molecular complexity index is 895. The number of rotatable bonds is 8. The summed E-state index contributed by atoms with van der Waals surface area (Å²) < 4.78 is 10.9. The van der Waals surface area contributed by atoms with Gasteiger partial charge < -0.3 is 19.5 Å². The zero-order chi connectivity index (χ0) is 19.8. The Morgan fingerprint density at radius 3 is 2.79 bits per heavy atom. The largest absolute Gasteiger partial charge is 0.484 e. The molecule has 0 aliphatic rings. The van der Waals surface area contributed by atoms with Crippen LogP contribution >= 0.6 is 0 Å². The first-order valence-electron chi connectivity index (χ1n) is 9.14. The van der Waals surface area contributed by atoms with Gasteiger partial charge in [-0.1, -0.05) is 47.6 Å². The van der Waals surface area contributed by atoms with E-state index in [1.165, 1.54) is 0 Å². The molecule has 0 bridgehead atoms. The van der Waals surface area contributed by atoms with Gasteiger partial charge >= 0.3 is 6.03 Å². The fraction of sp³-hybridized carbons (Fsp3) is 0.286. The first kappa shape index (κ1) is 19.4. The lowest BCUT2D eigenvalue weighted by atomic mass is 10.2. The monoisotopic (exact) mass is 380 g/mol. The van der Waals surface area contributed by atoms with Crippen molar-refractivity contribution in [2.24, 2.45) is 0 Å². The van der Waals surface area contributed by atoms with Crippen molar-refractivity contribution in [3.63, 3.8) is 0 Å². The van der Waals surface area contributed by atoms with Crippen LogP contribution in [-0.4, -0.2) is 34.7 Å². The molecule has 1 heterocycles. The normalized spacial score (nSPS) is 10.5. The summed E-state index contributed by atoms with van der Waals surface area (Å²) in [5, 5.41) is 6.83. The number of urea groups is 1. The second-order valence-electron chi connectivity index (χ2n) is 6.53. The zero-order valence-corrected chi connectivity index (χ0v) is 16.1. The van der Waals surface area contributed by atoms with Crippen molar-refractivity contribution in [1.82, 2.24) is 20.4 Å². The maximum absolute atomic E-state index is 12.2. The highest BCUT2D eigenvalue weighted by Gasteiger charge is 2.12. The number of carbonyl (C=O) groups is 1. The van der Waals surface area contributed by atoms with Gasteiger partial charge in [-0.2, -0.15) is 4.98 Å². The zero-order valence-electron chi connectivity index (χ0n) is 16.1. The fourth-order valence-electron chi connectivity index (χ4n) is 2.58. The second kappa shape index (κ2) is 9.55. The molecule has 28 heavy (non-hydrogen) atoms. The number of amides is 2. The van der Waals surface area contributed by atoms with E-state index in [1.54, 1.807) is 11.9 Å². The lowest BCUT2D eigenvalue weighted by molar-refractivity contribution is 0.208. The second-order valence-corrected chi connectivity index (χ2v) is 6.53. The summed E-state index contributed by atoms with van der Waals surface area (Å²) in [6.07, 6.45) is 0.503. The SMILES string of the molecule is Cc1cccc(OCc2nc(CCN(C)C(=O)NCc3ccccc3)no2)c1. The van der Waals surface area contributed by atoms with Crippen LogP contribution in [0.4, 0.5) is 4.79 Å². The van der Waals surface area contributed by atoms with Crippen LogP contribution in [0.25, 0.3) is 0 Å². The maximum Gasteiger partial charge on any atom is 0.317 e. The highest BCUT2D eigenvalue weighted by Crippen LogP contribution is 2.14. The molecule has 1 aromatic heterocycles. The molecule has 7 nitrogen and oxygen atoms in total. The van der Waals surface area contributed by atoms with Crippen molar-refractivity contribution in [2.45, 2.75) is 26.5 Å². The minimum absolute atomic E-state index is 0.143. The van der Waals surface area contributed by atoms with Crippen LogP contribution in [0.2, 0.25) is 0 Å². The molecule has 3 rings (SSSR count). The minimum Gasteiger partial charge on any atom is -0.484 e. The Balaban J connectivity index is 1.41. The summed E-state index contributed by atoms with van der Waals surface area (Å²) in [6.45, 7) is 3.19. The maximum atomic E-state index is 12.2. The molecule has 1 N–H and O–H groups in total. The summed E-state index contributed by atoms with van der Waals surface area (Å²) in [7, 11) is 1.74. The van der Waals surface area contributed by atoms with Crippen LogP contribution in [0.1, 0.15) is 22.8 Å². The third-order valence-electron chi connectivity index (χ3n) is 4.17. The number of ether oxygens (including phenoxy) is 1. The fourth-order valence-corrected chi connectivity index (χ4v) is 2.58. The van der Waals surface area contributed by atoms with Crippen LogP contribution < -0.4 is 10.1 Å². The number of carbonyl (C=O) groups excluding carboxylic acids is 1. The topological polar surface area (TPSA) is 80.5 Å². The average Bonchev–Trinajstić information content (AvgIpc) is 3.17. The summed E-state index contributed by atoms with van der Waals surface area (Å²) in [6, 6.07) is 17.4. The molecule has 0 fully saturated rings. The van der Waals surface area contributed by atoms with Crippen molar-refractivity contribution < 1.29 is 14.1 Å². The molecular weight excluding hydrogens is 356 g/mol. The predicted octanol–water partition coefficient (Wildman–Crippen LogP) is 3.34. The van der Waals surface area contributed by atoms with Gasteiger partial charge in [-0.15, -0.1) is 0 Å². The van der Waals surface area contributed by atoms with Crippen molar-refractivity contribution in [3.8, 4) is 5.75 Å². The summed E-state index contributed by atoms with van der Waals surface area (Å²) >= 11 is 0. The Morgan fingerprint density at radius 2 is 2.00 bits per heavy atom. The molecule has 0 unspecified atom stereocenters. The van der Waals surface area contributed by atoms with E-state index in [0.29, 0.717) is 31.2 Å². The van der Waals surface area contributed by atoms with Gasteiger partial charge in [0.1, 0.15) is 5.75 Å². The highest BCUT2D eigenvalue weighted by molar-refractivity contribution is 5.73. The van der Waals surface area contributed by atoms with Crippen LogP contribution in [0.3, 0.4) is 0 Å². The molecule has 0 spiro atoms. The first-order valence-corrected chi connectivity index (χ1v) is 9.14. The summed E-state index contributed by atoms with van der Waals surface area (Å²) in [5.41, 5.74) is 2.18. The quantitative estimate of drug-likeness (QED) is 0.648. The standard InChI is InChI=1S/C21H24N4O3/c1-16-7-6-10-18(13-16)27-15-20-23-19(24-28-20)11-12-25(2)21(26)22-14-17-8-4-3-5-9-17/h3-10,13H,11-12,14-15H2,1-2H3,(H,22,26). The van der Waals surface area contributed by atoms with Gasteiger partial charge in [0.2, 0.25) is 0 Å². The number of aryl methyl sites for hydroxylation is 1. The van der Waals surface area contributed by atoms with Crippen LogP contribution in [-0.2, 0) is 19.6 Å². The van der Waals surface area contributed by atoms with Crippen LogP contribution in [0.15, 0.2) is 59.1 Å². The minimum atomic E-state index is -0.143. The van der Waals surface area contributed by atoms with Crippen molar-refractivity contribution in [1.29, 1.82) is 0 Å².